The topological polar surface area (TPSA) is 87.7 Å². The number of alkyl carbamates (subject to hydrolysis) is 1. The van der Waals surface area contributed by atoms with Crippen molar-refractivity contribution in [1.29, 1.82) is 0 Å². The van der Waals surface area contributed by atoms with E-state index in [0.29, 0.717) is 15.5 Å². The SMILES string of the molecule is CC(C)(C)OC(=O)N[C@H]1CSc2cc(F)c(C(=O)NC3CC(F)(F)C3)cc2N(Cc2ccc(Cl)cc2)C1=O. The molecule has 3 amide bonds. The number of alkyl halides is 2. The quantitative estimate of drug-likeness (QED) is 0.494. The van der Waals surface area contributed by atoms with Crippen molar-refractivity contribution in [3.8, 4) is 0 Å². The Morgan fingerprint density at radius 3 is 2.42 bits per heavy atom. The van der Waals surface area contributed by atoms with Crippen molar-refractivity contribution in [3.05, 3.63) is 58.4 Å². The lowest BCUT2D eigenvalue weighted by Gasteiger charge is -2.35. The lowest BCUT2D eigenvalue weighted by molar-refractivity contribution is -0.120. The Labute approximate surface area is 227 Å². The molecule has 1 aliphatic heterocycles. The van der Waals surface area contributed by atoms with Gasteiger partial charge < -0.3 is 20.3 Å². The van der Waals surface area contributed by atoms with Gasteiger partial charge in [-0.3, -0.25) is 9.59 Å². The van der Waals surface area contributed by atoms with E-state index in [2.05, 4.69) is 10.6 Å². The molecule has 1 fully saturated rings. The Morgan fingerprint density at radius 1 is 1.16 bits per heavy atom. The van der Waals surface area contributed by atoms with Gasteiger partial charge in [0.05, 0.1) is 17.8 Å². The molecule has 12 heteroatoms. The van der Waals surface area contributed by atoms with Crippen LogP contribution in [0.15, 0.2) is 41.3 Å². The zero-order valence-electron chi connectivity index (χ0n) is 20.9. The molecule has 0 spiro atoms. The monoisotopic (exact) mass is 569 g/mol. The van der Waals surface area contributed by atoms with Crippen LogP contribution in [-0.4, -0.2) is 47.3 Å². The van der Waals surface area contributed by atoms with Gasteiger partial charge in [0, 0.05) is 34.6 Å². The number of halogens is 4. The summed E-state index contributed by atoms with van der Waals surface area (Å²) >= 11 is 7.13. The molecule has 0 bridgehead atoms. The molecule has 2 aromatic carbocycles. The van der Waals surface area contributed by atoms with Gasteiger partial charge in [-0.2, -0.15) is 0 Å². The Morgan fingerprint density at radius 2 is 1.82 bits per heavy atom. The minimum Gasteiger partial charge on any atom is -0.444 e. The first-order valence-corrected chi connectivity index (χ1v) is 13.3. The van der Waals surface area contributed by atoms with Crippen molar-refractivity contribution < 1.29 is 32.3 Å². The molecule has 1 saturated carbocycles. The lowest BCUT2D eigenvalue weighted by atomic mass is 9.88. The van der Waals surface area contributed by atoms with Gasteiger partial charge in [-0.25, -0.2) is 18.0 Å². The number of rotatable bonds is 5. The van der Waals surface area contributed by atoms with Crippen LogP contribution in [0.3, 0.4) is 0 Å². The number of nitrogens with zero attached hydrogens (tertiary/aromatic N) is 1. The molecule has 4 rings (SSSR count). The Balaban J connectivity index is 1.65. The summed E-state index contributed by atoms with van der Waals surface area (Å²) in [6, 6.07) is 7.36. The molecular formula is C26H27ClF3N3O4S. The van der Waals surface area contributed by atoms with Crippen molar-refractivity contribution in [2.75, 3.05) is 10.7 Å². The van der Waals surface area contributed by atoms with E-state index in [1.165, 1.54) is 11.0 Å². The number of carbonyl (C=O) groups excluding carboxylic acids is 3. The number of benzene rings is 2. The summed E-state index contributed by atoms with van der Waals surface area (Å²) in [5.74, 6) is -4.95. The zero-order chi connectivity index (χ0) is 27.8. The standard InChI is InChI=1S/C26H27ClF3N3O4S/c1-25(2,3)37-24(36)32-19-13-38-21-9-18(28)17(22(34)31-16-10-26(29,30)11-16)8-20(21)33(23(19)35)12-14-4-6-15(27)7-5-14/h4-9,16,19H,10-13H2,1-3H3,(H,31,34)(H,32,36)/t19-/m0/s1. The highest BCUT2D eigenvalue weighted by Gasteiger charge is 2.46. The number of thioether (sulfide) groups is 1. The van der Waals surface area contributed by atoms with Crippen molar-refractivity contribution in [1.82, 2.24) is 10.6 Å². The molecule has 38 heavy (non-hydrogen) atoms. The Hall–Kier alpha value is -2.92. The van der Waals surface area contributed by atoms with E-state index in [-0.39, 0.29) is 23.5 Å². The molecule has 0 aromatic heterocycles. The third-order valence-corrected chi connectivity index (χ3v) is 7.31. The lowest BCUT2D eigenvalue weighted by Crippen LogP contribution is -2.51. The van der Waals surface area contributed by atoms with Gasteiger partial charge in [-0.05, 0) is 50.6 Å². The molecule has 204 valence electrons. The number of fused-ring (bicyclic) bond motifs is 1. The molecule has 0 radical (unpaired) electrons. The highest BCUT2D eigenvalue weighted by atomic mass is 35.5. The molecule has 0 unspecified atom stereocenters. The molecule has 1 aliphatic carbocycles. The summed E-state index contributed by atoms with van der Waals surface area (Å²) in [5.41, 5.74) is -0.197. The first-order valence-electron chi connectivity index (χ1n) is 11.9. The van der Waals surface area contributed by atoms with Crippen LogP contribution in [0.1, 0.15) is 49.5 Å². The predicted molar refractivity (Wildman–Crippen MR) is 138 cm³/mol. The van der Waals surface area contributed by atoms with Crippen LogP contribution >= 0.6 is 23.4 Å². The van der Waals surface area contributed by atoms with E-state index >= 15 is 4.39 Å². The van der Waals surface area contributed by atoms with Crippen molar-refractivity contribution >= 4 is 47.0 Å². The van der Waals surface area contributed by atoms with E-state index in [1.54, 1.807) is 45.0 Å². The average Bonchev–Trinajstić information content (AvgIpc) is 2.89. The second kappa shape index (κ2) is 10.7. The van der Waals surface area contributed by atoms with Gasteiger partial charge in [0.15, 0.2) is 0 Å². The van der Waals surface area contributed by atoms with Gasteiger partial charge in [0.2, 0.25) is 0 Å². The fourth-order valence-corrected chi connectivity index (χ4v) is 5.31. The molecule has 2 N–H and O–H groups in total. The normalized spacial score (nSPS) is 19.2. The smallest absolute Gasteiger partial charge is 0.408 e. The largest absolute Gasteiger partial charge is 0.444 e. The maximum Gasteiger partial charge on any atom is 0.408 e. The molecule has 7 nitrogen and oxygen atoms in total. The summed E-state index contributed by atoms with van der Waals surface area (Å²) in [4.78, 5) is 40.7. The van der Waals surface area contributed by atoms with E-state index in [4.69, 9.17) is 16.3 Å². The predicted octanol–water partition coefficient (Wildman–Crippen LogP) is 5.54. The van der Waals surface area contributed by atoms with Gasteiger partial charge in [-0.1, -0.05) is 23.7 Å². The average molecular weight is 570 g/mol. The minimum atomic E-state index is -2.85. The van der Waals surface area contributed by atoms with Crippen molar-refractivity contribution in [2.24, 2.45) is 0 Å². The molecular weight excluding hydrogens is 543 g/mol. The van der Waals surface area contributed by atoms with Crippen molar-refractivity contribution in [2.45, 2.75) is 68.7 Å². The van der Waals surface area contributed by atoms with Crippen LogP contribution in [0.2, 0.25) is 5.02 Å². The Bertz CT molecular complexity index is 1250. The van der Waals surface area contributed by atoms with Crippen molar-refractivity contribution in [3.63, 3.8) is 0 Å². The van der Waals surface area contributed by atoms with E-state index in [0.717, 1.165) is 17.8 Å². The maximum atomic E-state index is 15.0. The second-order valence-electron chi connectivity index (χ2n) is 10.3. The summed E-state index contributed by atoms with van der Waals surface area (Å²) in [6.07, 6.45) is -1.81. The number of hydrogen-bond acceptors (Lipinski definition) is 5. The number of amides is 3. The van der Waals surface area contributed by atoms with Gasteiger partial charge >= 0.3 is 6.09 Å². The third kappa shape index (κ3) is 6.74. The minimum absolute atomic E-state index is 0.0393. The van der Waals surface area contributed by atoms with Crippen LogP contribution in [-0.2, 0) is 16.1 Å². The first kappa shape index (κ1) is 28.1. The van der Waals surface area contributed by atoms with Gasteiger partial charge in [0.25, 0.3) is 17.7 Å². The maximum absolute atomic E-state index is 15.0. The fraction of sp³-hybridized carbons (Fsp3) is 0.423. The van der Waals surface area contributed by atoms with E-state index < -0.39 is 60.2 Å². The third-order valence-electron chi connectivity index (χ3n) is 5.92. The summed E-state index contributed by atoms with van der Waals surface area (Å²) in [5, 5.41) is 5.52. The van der Waals surface area contributed by atoms with Gasteiger partial charge in [-0.15, -0.1) is 11.8 Å². The zero-order valence-corrected chi connectivity index (χ0v) is 22.5. The fourth-order valence-electron chi connectivity index (χ4n) is 4.11. The van der Waals surface area contributed by atoms with Crippen LogP contribution in [0.25, 0.3) is 0 Å². The van der Waals surface area contributed by atoms with Crippen LogP contribution in [0, 0.1) is 5.82 Å². The number of nitrogens with one attached hydrogen (secondary N) is 2. The second-order valence-corrected chi connectivity index (χ2v) is 11.8. The van der Waals surface area contributed by atoms with E-state index in [1.807, 2.05) is 0 Å². The molecule has 2 aromatic rings. The number of ether oxygens (including phenoxy) is 1. The summed E-state index contributed by atoms with van der Waals surface area (Å²) in [7, 11) is 0. The Kier molecular flexibility index (Phi) is 7.90. The van der Waals surface area contributed by atoms with Crippen LogP contribution in [0.4, 0.5) is 23.7 Å². The highest BCUT2D eigenvalue weighted by molar-refractivity contribution is 7.99. The number of carbonyl (C=O) groups is 3. The summed E-state index contributed by atoms with van der Waals surface area (Å²) in [6.45, 7) is 5.12. The number of hydrogen-bond donors (Lipinski definition) is 2. The molecule has 1 heterocycles. The highest BCUT2D eigenvalue weighted by Crippen LogP contribution is 2.39. The molecule has 0 saturated heterocycles. The molecule has 2 aliphatic rings. The molecule has 1 atom stereocenters. The number of anilines is 1. The van der Waals surface area contributed by atoms with Gasteiger partial charge in [0.1, 0.15) is 17.5 Å². The van der Waals surface area contributed by atoms with Crippen LogP contribution in [0.5, 0.6) is 0 Å². The van der Waals surface area contributed by atoms with E-state index in [9.17, 15) is 23.2 Å². The van der Waals surface area contributed by atoms with Crippen LogP contribution < -0.4 is 15.5 Å². The summed E-state index contributed by atoms with van der Waals surface area (Å²) < 4.78 is 46.8. The first-order chi connectivity index (χ1) is 17.7.